The van der Waals surface area contributed by atoms with Crippen LogP contribution in [-0.2, 0) is 51.2 Å². The quantitative estimate of drug-likeness (QED) is 0.498. The Hall–Kier alpha value is 2.82. The molecule has 0 amide bonds. The second-order valence-corrected chi connectivity index (χ2v) is 0. The van der Waals surface area contributed by atoms with Gasteiger partial charge in [0.15, 0.2) is 0 Å². The Morgan fingerprint density at radius 3 is 0.500 bits per heavy atom. The Bertz CT molecular complexity index is 3.25. The van der Waals surface area contributed by atoms with Crippen molar-refractivity contribution >= 4 is 37.7 Å². The number of hydrogen-bond donors (Lipinski definition) is 0. The third-order valence-electron chi connectivity index (χ3n) is 0. The maximum atomic E-state index is 0. The van der Waals surface area contributed by atoms with E-state index in [0.29, 0.717) is 0 Å². The summed E-state index contributed by atoms with van der Waals surface area (Å²) in [5.41, 5.74) is 0. The summed E-state index contributed by atoms with van der Waals surface area (Å²) in [6.45, 7) is 0. The SMILES string of the molecule is [Ca].[Cu].[Cu].[Cu]. The second-order valence-electron chi connectivity index (χ2n) is 0. The fourth-order valence-electron chi connectivity index (χ4n) is 0. The molecule has 0 unspecified atom stereocenters. The van der Waals surface area contributed by atoms with Crippen molar-refractivity contribution in [2.75, 3.05) is 0 Å². The van der Waals surface area contributed by atoms with Crippen LogP contribution in [0.2, 0.25) is 0 Å². The molecule has 0 nitrogen and oxygen atoms in total. The molecule has 0 aromatic heterocycles. The van der Waals surface area contributed by atoms with Crippen molar-refractivity contribution < 1.29 is 51.2 Å². The van der Waals surface area contributed by atoms with Gasteiger partial charge in [-0.1, -0.05) is 0 Å². The first-order chi connectivity index (χ1) is 0. The largest absolute Gasteiger partial charge is 0 e. The van der Waals surface area contributed by atoms with Gasteiger partial charge in [0.1, 0.15) is 0 Å². The predicted molar refractivity (Wildman–Crippen MR) is 5.75 cm³/mol. The molecule has 0 spiro atoms. The van der Waals surface area contributed by atoms with E-state index in [1.54, 1.807) is 0 Å². The number of hydrogen-bond acceptors (Lipinski definition) is 0. The summed E-state index contributed by atoms with van der Waals surface area (Å²) in [4.78, 5) is 0. The van der Waals surface area contributed by atoms with E-state index in [4.69, 9.17) is 0 Å². The Balaban J connectivity index is 0. The molecule has 4 heavy (non-hydrogen) atoms. The zero-order valence-electron chi connectivity index (χ0n) is 1.61. The van der Waals surface area contributed by atoms with E-state index in [2.05, 4.69) is 0 Å². The van der Waals surface area contributed by atoms with Gasteiger partial charge in [0.2, 0.25) is 0 Å². The topological polar surface area (TPSA) is 0 Å². The van der Waals surface area contributed by atoms with Crippen molar-refractivity contribution in [3.05, 3.63) is 0 Å². The summed E-state index contributed by atoms with van der Waals surface area (Å²) in [6, 6.07) is 0. The van der Waals surface area contributed by atoms with Crippen LogP contribution < -0.4 is 0 Å². The molecule has 0 aromatic carbocycles. The van der Waals surface area contributed by atoms with Crippen LogP contribution in [0.5, 0.6) is 0 Å². The maximum absolute atomic E-state index is 0. The maximum Gasteiger partial charge on any atom is 0 e. The van der Waals surface area contributed by atoms with Crippen LogP contribution in [0.25, 0.3) is 0 Å². The van der Waals surface area contributed by atoms with E-state index in [9.17, 15) is 0 Å². The molecule has 0 bridgehead atoms. The van der Waals surface area contributed by atoms with E-state index in [0.717, 1.165) is 0 Å². The molecule has 0 aliphatic heterocycles. The molecule has 0 saturated carbocycles. The summed E-state index contributed by atoms with van der Waals surface area (Å²) < 4.78 is 0. The molecule has 0 aromatic rings. The zero-order chi connectivity index (χ0) is 0. The molecule has 0 saturated heterocycles. The van der Waals surface area contributed by atoms with Gasteiger partial charge in [-0.15, -0.1) is 0 Å². The molecule has 4 heteroatoms. The van der Waals surface area contributed by atoms with Crippen LogP contribution in [0, 0.1) is 0 Å². The molecule has 5 radical (unpaired) electrons. The van der Waals surface area contributed by atoms with Gasteiger partial charge in [0.05, 0.1) is 0 Å². The molecule has 0 rings (SSSR count). The summed E-state index contributed by atoms with van der Waals surface area (Å²) in [5, 5.41) is 0. The molecule has 0 aliphatic carbocycles. The molecular weight excluding hydrogens is 231 g/mol. The van der Waals surface area contributed by atoms with Crippen LogP contribution in [0.4, 0.5) is 0 Å². The normalized spacial score (nSPS) is 0. The smallest absolute Gasteiger partial charge is 0 e. The van der Waals surface area contributed by atoms with Gasteiger partial charge < -0.3 is 0 Å². The molecule has 0 atom stereocenters. The van der Waals surface area contributed by atoms with Crippen molar-refractivity contribution in [1.29, 1.82) is 0 Å². The molecule has 0 heterocycles. The Morgan fingerprint density at radius 2 is 0.500 bits per heavy atom. The third kappa shape index (κ3) is 8.84. The molecule has 35 valence electrons. The van der Waals surface area contributed by atoms with Crippen LogP contribution in [0.15, 0.2) is 0 Å². The summed E-state index contributed by atoms with van der Waals surface area (Å²) in [6.07, 6.45) is 0. The molecular formula is CaCu3. The van der Waals surface area contributed by atoms with Gasteiger partial charge in [-0.2, -0.15) is 0 Å². The summed E-state index contributed by atoms with van der Waals surface area (Å²) in [5.74, 6) is 0. The first kappa shape index (κ1) is 29.1. The third-order valence-corrected chi connectivity index (χ3v) is 0. The van der Waals surface area contributed by atoms with Gasteiger partial charge in [0, 0.05) is 88.9 Å². The summed E-state index contributed by atoms with van der Waals surface area (Å²) >= 11 is 0. The van der Waals surface area contributed by atoms with Crippen molar-refractivity contribution in [2.45, 2.75) is 0 Å². The molecule has 0 fully saturated rings. The first-order valence-electron chi connectivity index (χ1n) is 0. The standard InChI is InChI=1S/Ca.3Cu. The van der Waals surface area contributed by atoms with Gasteiger partial charge >= 0.3 is 0 Å². The minimum atomic E-state index is 0. The second kappa shape index (κ2) is 17.0. The van der Waals surface area contributed by atoms with Crippen molar-refractivity contribution in [3.8, 4) is 0 Å². The fraction of sp³-hybridized carbons (Fsp3) is 0. The van der Waals surface area contributed by atoms with Crippen LogP contribution in [0.1, 0.15) is 0 Å². The minimum Gasteiger partial charge on any atom is 0 e. The fourth-order valence-corrected chi connectivity index (χ4v) is 0. The predicted octanol–water partition coefficient (Wildman–Crippen LogP) is -0.388. The Kier molecular flexibility index (Phi) is 124. The van der Waals surface area contributed by atoms with E-state index in [1.165, 1.54) is 0 Å². The van der Waals surface area contributed by atoms with Crippen molar-refractivity contribution in [3.63, 3.8) is 0 Å². The summed E-state index contributed by atoms with van der Waals surface area (Å²) in [7, 11) is 0. The van der Waals surface area contributed by atoms with Gasteiger partial charge in [-0.05, 0) is 0 Å². The van der Waals surface area contributed by atoms with Gasteiger partial charge in [0.25, 0.3) is 0 Å². The molecule has 0 N–H and O–H groups in total. The van der Waals surface area contributed by atoms with Crippen LogP contribution in [-0.4, -0.2) is 37.7 Å². The Morgan fingerprint density at radius 1 is 0.500 bits per heavy atom. The Labute approximate surface area is 87.3 Å². The average Bonchev–Trinajstić information content (AvgIpc) is 0. The van der Waals surface area contributed by atoms with Gasteiger partial charge in [-0.25, -0.2) is 0 Å². The zero-order valence-corrected chi connectivity index (χ0v) is 6.64. The van der Waals surface area contributed by atoms with Crippen molar-refractivity contribution in [1.82, 2.24) is 0 Å². The van der Waals surface area contributed by atoms with E-state index >= 15 is 0 Å². The van der Waals surface area contributed by atoms with E-state index < -0.39 is 0 Å². The monoisotopic (exact) mass is 229 g/mol. The van der Waals surface area contributed by atoms with Crippen LogP contribution >= 0.6 is 0 Å². The molecule has 0 aliphatic rings. The van der Waals surface area contributed by atoms with Crippen molar-refractivity contribution in [2.24, 2.45) is 0 Å². The van der Waals surface area contributed by atoms with E-state index in [1.807, 2.05) is 0 Å². The van der Waals surface area contributed by atoms with E-state index in [-0.39, 0.29) is 88.9 Å². The number of rotatable bonds is 0. The average molecular weight is 231 g/mol. The minimum absolute atomic E-state index is 0. The van der Waals surface area contributed by atoms with Crippen LogP contribution in [0.3, 0.4) is 0 Å². The first-order valence-corrected chi connectivity index (χ1v) is 0. The van der Waals surface area contributed by atoms with Gasteiger partial charge in [-0.3, -0.25) is 0 Å².